The number of nitrogens with one attached hydrogen (secondary N) is 1. The zero-order valence-electron chi connectivity index (χ0n) is 16.0. The van der Waals surface area contributed by atoms with E-state index in [0.29, 0.717) is 24.3 Å². The highest BCUT2D eigenvalue weighted by Gasteiger charge is 2.49. The molecule has 2 aliphatic rings. The van der Waals surface area contributed by atoms with Gasteiger partial charge in [-0.3, -0.25) is 9.59 Å². The van der Waals surface area contributed by atoms with Crippen molar-refractivity contribution in [1.82, 2.24) is 10.3 Å². The van der Waals surface area contributed by atoms with Gasteiger partial charge in [0.25, 0.3) is 5.91 Å². The van der Waals surface area contributed by atoms with Gasteiger partial charge in [-0.05, 0) is 62.9 Å². The van der Waals surface area contributed by atoms with Crippen molar-refractivity contribution in [1.29, 1.82) is 0 Å². The highest BCUT2D eigenvalue weighted by molar-refractivity contribution is 6.00. The van der Waals surface area contributed by atoms with Crippen LogP contribution in [0.1, 0.15) is 48.3 Å². The van der Waals surface area contributed by atoms with Gasteiger partial charge < -0.3 is 10.2 Å². The molecule has 1 N–H and O–H groups in total. The van der Waals surface area contributed by atoms with Gasteiger partial charge in [0.2, 0.25) is 5.91 Å². The van der Waals surface area contributed by atoms with Gasteiger partial charge >= 0.3 is 0 Å². The molecule has 1 spiro atoms. The third kappa shape index (κ3) is 3.51. The molecule has 6 heteroatoms. The quantitative estimate of drug-likeness (QED) is 0.883. The van der Waals surface area contributed by atoms with Crippen LogP contribution in [-0.2, 0) is 4.79 Å². The lowest BCUT2D eigenvalue weighted by atomic mass is 9.71. The minimum absolute atomic E-state index is 0.0470. The van der Waals surface area contributed by atoms with Crippen LogP contribution < -0.4 is 10.2 Å². The molecule has 1 aliphatic carbocycles. The van der Waals surface area contributed by atoms with E-state index >= 15 is 0 Å². The van der Waals surface area contributed by atoms with Gasteiger partial charge in [0, 0.05) is 24.0 Å². The molecule has 2 aromatic rings. The van der Waals surface area contributed by atoms with Gasteiger partial charge in [-0.2, -0.15) is 0 Å². The number of rotatable bonds is 3. The number of halogens is 1. The van der Waals surface area contributed by atoms with Crippen molar-refractivity contribution < 1.29 is 14.0 Å². The fourth-order valence-corrected chi connectivity index (χ4v) is 4.55. The van der Waals surface area contributed by atoms with Gasteiger partial charge in [-0.1, -0.05) is 18.6 Å². The molecular formula is C22H24FN3O2. The highest BCUT2D eigenvalue weighted by atomic mass is 19.1. The summed E-state index contributed by atoms with van der Waals surface area (Å²) in [5, 5.41) is 3.07. The lowest BCUT2D eigenvalue weighted by Gasteiger charge is -2.36. The second kappa shape index (κ2) is 7.34. The van der Waals surface area contributed by atoms with E-state index in [1.54, 1.807) is 23.1 Å². The van der Waals surface area contributed by atoms with E-state index in [1.807, 2.05) is 19.1 Å². The number of anilines is 1. The molecule has 1 saturated carbocycles. The Hall–Kier alpha value is -2.76. The molecule has 2 unspecified atom stereocenters. The second-order valence-electron chi connectivity index (χ2n) is 7.90. The van der Waals surface area contributed by atoms with Crippen molar-refractivity contribution in [3.8, 4) is 0 Å². The zero-order valence-corrected chi connectivity index (χ0v) is 16.0. The topological polar surface area (TPSA) is 62.3 Å². The van der Waals surface area contributed by atoms with Gasteiger partial charge in [0.05, 0.1) is 5.41 Å². The number of hydrogen-bond acceptors (Lipinski definition) is 3. The predicted molar refractivity (Wildman–Crippen MR) is 104 cm³/mol. The maximum atomic E-state index is 13.6. The molecule has 1 aromatic heterocycles. The standard InChI is InChI=1S/C22H24FN3O2/c1-15-5-2-9-19(24-15)20(27)25-17-7-4-10-22(14-17)11-12-26(21(22)28)18-8-3-6-16(23)13-18/h2-3,5-6,8-9,13,17H,4,7,10-12,14H2,1H3,(H,25,27). The van der Waals surface area contributed by atoms with Crippen LogP contribution in [0.4, 0.5) is 10.1 Å². The van der Waals surface area contributed by atoms with E-state index < -0.39 is 5.41 Å². The first-order chi connectivity index (χ1) is 13.5. The molecule has 2 fully saturated rings. The summed E-state index contributed by atoms with van der Waals surface area (Å²) in [6, 6.07) is 11.5. The number of carbonyl (C=O) groups excluding carboxylic acids is 2. The fraction of sp³-hybridized carbons (Fsp3) is 0.409. The monoisotopic (exact) mass is 381 g/mol. The van der Waals surface area contributed by atoms with E-state index in [1.165, 1.54) is 12.1 Å². The average Bonchev–Trinajstić information content (AvgIpc) is 2.97. The van der Waals surface area contributed by atoms with Crippen LogP contribution in [0.3, 0.4) is 0 Å². The molecule has 2 heterocycles. The van der Waals surface area contributed by atoms with Crippen LogP contribution in [0.5, 0.6) is 0 Å². The molecule has 146 valence electrons. The first kappa shape index (κ1) is 18.6. The molecule has 28 heavy (non-hydrogen) atoms. The summed E-state index contributed by atoms with van der Waals surface area (Å²) in [6.45, 7) is 2.44. The van der Waals surface area contributed by atoms with Crippen molar-refractivity contribution in [2.24, 2.45) is 5.41 Å². The summed E-state index contributed by atoms with van der Waals surface area (Å²) >= 11 is 0. The van der Waals surface area contributed by atoms with Crippen LogP contribution in [0.15, 0.2) is 42.5 Å². The Morgan fingerprint density at radius 1 is 1.25 bits per heavy atom. The Morgan fingerprint density at radius 2 is 2.07 bits per heavy atom. The molecule has 5 nitrogen and oxygen atoms in total. The van der Waals surface area contributed by atoms with Crippen LogP contribution in [0, 0.1) is 18.2 Å². The number of nitrogens with zero attached hydrogens (tertiary/aromatic N) is 2. The SMILES string of the molecule is Cc1cccc(C(=O)NC2CCCC3(CCN(c4cccc(F)c4)C3=O)C2)n1. The number of carbonyl (C=O) groups is 2. The summed E-state index contributed by atoms with van der Waals surface area (Å²) in [7, 11) is 0. The first-order valence-electron chi connectivity index (χ1n) is 9.79. The van der Waals surface area contributed by atoms with E-state index in [2.05, 4.69) is 10.3 Å². The summed E-state index contributed by atoms with van der Waals surface area (Å²) in [4.78, 5) is 31.8. The van der Waals surface area contributed by atoms with Gasteiger partial charge in [-0.15, -0.1) is 0 Å². The van der Waals surface area contributed by atoms with Crippen molar-refractivity contribution in [2.45, 2.75) is 45.1 Å². The van der Waals surface area contributed by atoms with Crippen molar-refractivity contribution >= 4 is 17.5 Å². The number of hydrogen-bond donors (Lipinski definition) is 1. The van der Waals surface area contributed by atoms with E-state index in [-0.39, 0.29) is 23.7 Å². The molecule has 2 atom stereocenters. The minimum atomic E-state index is -0.470. The Kier molecular flexibility index (Phi) is 4.87. The normalized spacial score (nSPS) is 24.6. The summed E-state index contributed by atoms with van der Waals surface area (Å²) < 4.78 is 13.6. The lowest BCUT2D eigenvalue weighted by molar-refractivity contribution is -0.127. The maximum absolute atomic E-state index is 13.6. The Bertz CT molecular complexity index is 916. The number of aryl methyl sites for hydroxylation is 1. The third-order valence-corrected chi connectivity index (χ3v) is 5.93. The summed E-state index contributed by atoms with van der Waals surface area (Å²) in [5.74, 6) is -0.491. The number of aromatic nitrogens is 1. The predicted octanol–water partition coefficient (Wildman–Crippen LogP) is 3.62. The van der Waals surface area contributed by atoms with Crippen molar-refractivity contribution in [3.63, 3.8) is 0 Å². The lowest BCUT2D eigenvalue weighted by Crippen LogP contribution is -2.46. The van der Waals surface area contributed by atoms with Crippen LogP contribution in [0.2, 0.25) is 0 Å². The highest BCUT2D eigenvalue weighted by Crippen LogP contribution is 2.46. The smallest absolute Gasteiger partial charge is 0.270 e. The molecule has 1 aromatic carbocycles. The third-order valence-electron chi connectivity index (χ3n) is 5.93. The first-order valence-corrected chi connectivity index (χ1v) is 9.79. The summed E-state index contributed by atoms with van der Waals surface area (Å²) in [5.41, 5.74) is 1.34. The molecule has 1 aliphatic heterocycles. The number of amides is 2. The number of pyridine rings is 1. The van der Waals surface area contributed by atoms with E-state index in [0.717, 1.165) is 31.4 Å². The molecular weight excluding hydrogens is 357 g/mol. The van der Waals surface area contributed by atoms with Gasteiger partial charge in [0.1, 0.15) is 11.5 Å². The Morgan fingerprint density at radius 3 is 2.86 bits per heavy atom. The number of benzene rings is 1. The van der Waals surface area contributed by atoms with Crippen LogP contribution in [-0.4, -0.2) is 29.4 Å². The largest absolute Gasteiger partial charge is 0.348 e. The van der Waals surface area contributed by atoms with E-state index in [4.69, 9.17) is 0 Å². The maximum Gasteiger partial charge on any atom is 0.270 e. The van der Waals surface area contributed by atoms with Crippen LogP contribution >= 0.6 is 0 Å². The van der Waals surface area contributed by atoms with E-state index in [9.17, 15) is 14.0 Å². The zero-order chi connectivity index (χ0) is 19.7. The van der Waals surface area contributed by atoms with Crippen molar-refractivity contribution in [3.05, 3.63) is 59.7 Å². The Balaban J connectivity index is 1.47. The second-order valence-corrected chi connectivity index (χ2v) is 7.90. The molecule has 1 saturated heterocycles. The molecule has 2 amide bonds. The molecule has 0 bridgehead atoms. The molecule has 0 radical (unpaired) electrons. The molecule has 4 rings (SSSR count). The average molecular weight is 381 g/mol. The van der Waals surface area contributed by atoms with Crippen molar-refractivity contribution in [2.75, 3.05) is 11.4 Å². The summed E-state index contributed by atoms with van der Waals surface area (Å²) in [6.07, 6.45) is 3.90. The fourth-order valence-electron chi connectivity index (χ4n) is 4.55. The Labute approximate surface area is 164 Å². The van der Waals surface area contributed by atoms with Gasteiger partial charge in [0.15, 0.2) is 0 Å². The van der Waals surface area contributed by atoms with Gasteiger partial charge in [-0.25, -0.2) is 9.37 Å². The minimum Gasteiger partial charge on any atom is -0.348 e. The van der Waals surface area contributed by atoms with Crippen LogP contribution in [0.25, 0.3) is 0 Å².